The Hall–Kier alpha value is -2.44. The van der Waals surface area contributed by atoms with E-state index in [-0.39, 0.29) is 6.42 Å². The van der Waals surface area contributed by atoms with Crippen LogP contribution in [0.1, 0.15) is 353 Å². The molecule has 1 aromatic rings. The summed E-state index contributed by atoms with van der Waals surface area (Å²) >= 11 is 0. The first-order chi connectivity index (χ1) is 34.9. The van der Waals surface area contributed by atoms with Gasteiger partial charge in [-0.3, -0.25) is 9.59 Å². The standard InChI is InChI=1S/C61H115NO4.C3H6O2/c1-4-7-10-13-16-19-22-25-28-31-34-37-40-43-46-49-52-64-58-55-57(61(62)63)56-59(65-53-50-47-44-41-38-35-32-29-26-23-20-17-14-11-8-5-2)60(58)66-54-51-48-45-42-39-36-33-30-27-24-21-18-15-12-9-6-3;1-2-3(4)5/h55-56H,4-54H2,1-3H3,(H2,62,63);2H2,1H3,(H,4,5). The van der Waals surface area contributed by atoms with Gasteiger partial charge in [0.15, 0.2) is 11.5 Å². The Bertz CT molecular complexity index is 1190. The highest BCUT2D eigenvalue weighted by Crippen LogP contribution is 2.40. The molecule has 7 nitrogen and oxygen atoms in total. The van der Waals surface area contributed by atoms with Gasteiger partial charge in [-0.05, 0) is 31.4 Å². The van der Waals surface area contributed by atoms with Crippen LogP contribution in [0.15, 0.2) is 12.1 Å². The Morgan fingerprint density at radius 1 is 0.338 bits per heavy atom. The summed E-state index contributed by atoms with van der Waals surface area (Å²) in [5.74, 6) is 0.647. The first kappa shape index (κ1) is 68.6. The fourth-order valence-corrected chi connectivity index (χ4v) is 9.56. The molecule has 0 atom stereocenters. The van der Waals surface area contributed by atoms with Crippen molar-refractivity contribution in [3.8, 4) is 17.2 Å². The summed E-state index contributed by atoms with van der Waals surface area (Å²) in [6.45, 7) is 10.3. The predicted octanol–water partition coefficient (Wildman–Crippen LogP) is 21.2. The molecule has 0 saturated carbocycles. The van der Waals surface area contributed by atoms with Crippen molar-refractivity contribution in [2.75, 3.05) is 19.8 Å². The SMILES string of the molecule is CCC(=O)O.CCCCCCCCCCCCCCCCCCOc1cc(C(N)=O)cc(OCCCCCCCCCCCCCCCCCC)c1OCCCCCCCCCCCCCCCCCC. The van der Waals surface area contributed by atoms with E-state index >= 15 is 0 Å². The summed E-state index contributed by atoms with van der Waals surface area (Å²) in [6.07, 6.45) is 64.9. The second-order valence-corrected chi connectivity index (χ2v) is 21.4. The Morgan fingerprint density at radius 3 is 0.704 bits per heavy atom. The Balaban J connectivity index is 0.00000928. The van der Waals surface area contributed by atoms with Gasteiger partial charge in [0.25, 0.3) is 0 Å². The second-order valence-electron chi connectivity index (χ2n) is 21.4. The normalized spacial score (nSPS) is 11.2. The first-order valence-corrected chi connectivity index (χ1v) is 31.5. The summed E-state index contributed by atoms with van der Waals surface area (Å²) in [5, 5.41) is 7.72. The van der Waals surface area contributed by atoms with Gasteiger partial charge in [-0.2, -0.15) is 0 Å². The zero-order valence-corrected chi connectivity index (χ0v) is 48.0. The average molecular weight is 1000 g/mol. The molecular weight excluding hydrogens is 879 g/mol. The Labute approximate surface area is 441 Å². The fraction of sp³-hybridized carbons (Fsp3) is 0.875. The van der Waals surface area contributed by atoms with Gasteiger partial charge >= 0.3 is 5.97 Å². The Kier molecular flexibility index (Phi) is 54.9. The number of primary amides is 1. The molecular formula is C64H121NO6. The molecule has 0 heterocycles. The molecule has 0 saturated heterocycles. The van der Waals surface area contributed by atoms with Crippen LogP contribution in [0, 0.1) is 0 Å². The van der Waals surface area contributed by atoms with Crippen LogP contribution in [0.5, 0.6) is 17.2 Å². The van der Waals surface area contributed by atoms with Gasteiger partial charge in [0.05, 0.1) is 19.8 Å². The zero-order chi connectivity index (χ0) is 51.8. The van der Waals surface area contributed by atoms with E-state index in [0.29, 0.717) is 42.6 Å². The van der Waals surface area contributed by atoms with E-state index in [2.05, 4.69) is 20.8 Å². The number of hydrogen-bond acceptors (Lipinski definition) is 5. The highest BCUT2D eigenvalue weighted by molar-refractivity contribution is 5.94. The number of ether oxygens (including phenoxy) is 3. The third-order valence-corrected chi connectivity index (χ3v) is 14.4. The maximum absolute atomic E-state index is 12.5. The maximum atomic E-state index is 12.5. The minimum absolute atomic E-state index is 0.222. The molecule has 0 radical (unpaired) electrons. The predicted molar refractivity (Wildman–Crippen MR) is 308 cm³/mol. The number of nitrogens with two attached hydrogens (primary N) is 1. The molecule has 0 aliphatic heterocycles. The van der Waals surface area contributed by atoms with Crippen molar-refractivity contribution in [1.29, 1.82) is 0 Å². The van der Waals surface area contributed by atoms with E-state index in [1.807, 2.05) is 0 Å². The molecule has 0 aliphatic carbocycles. The molecule has 71 heavy (non-hydrogen) atoms. The van der Waals surface area contributed by atoms with Gasteiger partial charge in [0, 0.05) is 12.0 Å². The number of carboxylic acids is 1. The van der Waals surface area contributed by atoms with Crippen molar-refractivity contribution in [3.63, 3.8) is 0 Å². The number of rotatable bonds is 56. The monoisotopic (exact) mass is 1000 g/mol. The summed E-state index contributed by atoms with van der Waals surface area (Å²) in [4.78, 5) is 21.8. The second kappa shape index (κ2) is 56.8. The molecule has 1 rings (SSSR count). The first-order valence-electron chi connectivity index (χ1n) is 31.5. The number of unbranched alkanes of at least 4 members (excludes halogenated alkanes) is 45. The Morgan fingerprint density at radius 2 is 0.521 bits per heavy atom. The van der Waals surface area contributed by atoms with Crippen LogP contribution < -0.4 is 19.9 Å². The minimum atomic E-state index is -0.745. The van der Waals surface area contributed by atoms with Crippen molar-refractivity contribution in [2.24, 2.45) is 5.73 Å². The third kappa shape index (κ3) is 49.5. The molecule has 0 spiro atoms. The highest BCUT2D eigenvalue weighted by Gasteiger charge is 2.18. The molecule has 7 heteroatoms. The number of amides is 1. The van der Waals surface area contributed by atoms with Crippen LogP contribution in [0.2, 0.25) is 0 Å². The number of hydrogen-bond donors (Lipinski definition) is 2. The van der Waals surface area contributed by atoms with Gasteiger partial charge in [-0.25, -0.2) is 0 Å². The summed E-state index contributed by atoms with van der Waals surface area (Å²) < 4.78 is 19.3. The van der Waals surface area contributed by atoms with E-state index in [1.165, 1.54) is 276 Å². The minimum Gasteiger partial charge on any atom is -0.490 e. The molecule has 1 amide bonds. The summed E-state index contributed by atoms with van der Waals surface area (Å²) in [6, 6.07) is 3.55. The molecule has 0 aliphatic rings. The number of carbonyl (C=O) groups excluding carboxylic acids is 1. The lowest BCUT2D eigenvalue weighted by Crippen LogP contribution is -2.13. The lowest BCUT2D eigenvalue weighted by molar-refractivity contribution is -0.136. The third-order valence-electron chi connectivity index (χ3n) is 14.4. The molecule has 0 unspecified atom stereocenters. The van der Waals surface area contributed by atoms with Gasteiger partial charge < -0.3 is 25.1 Å². The van der Waals surface area contributed by atoms with Crippen LogP contribution in [0.25, 0.3) is 0 Å². The van der Waals surface area contributed by atoms with Crippen molar-refractivity contribution < 1.29 is 28.9 Å². The molecule has 0 aromatic heterocycles. The quantitative estimate of drug-likeness (QED) is 0.0630. The van der Waals surface area contributed by atoms with Crippen LogP contribution in [-0.4, -0.2) is 36.8 Å². The maximum Gasteiger partial charge on any atom is 0.303 e. The van der Waals surface area contributed by atoms with E-state index in [0.717, 1.165) is 32.1 Å². The van der Waals surface area contributed by atoms with Gasteiger partial charge in [0.1, 0.15) is 0 Å². The molecule has 0 bridgehead atoms. The average Bonchev–Trinajstić information content (AvgIpc) is 3.37. The number of aliphatic carboxylic acids is 1. The van der Waals surface area contributed by atoms with Crippen molar-refractivity contribution in [2.45, 2.75) is 342 Å². The molecule has 418 valence electrons. The highest BCUT2D eigenvalue weighted by atomic mass is 16.5. The van der Waals surface area contributed by atoms with Gasteiger partial charge in [-0.15, -0.1) is 0 Å². The van der Waals surface area contributed by atoms with Crippen molar-refractivity contribution >= 4 is 11.9 Å². The zero-order valence-electron chi connectivity index (χ0n) is 48.0. The number of benzene rings is 1. The smallest absolute Gasteiger partial charge is 0.303 e. The lowest BCUT2D eigenvalue weighted by Gasteiger charge is -2.18. The van der Waals surface area contributed by atoms with Crippen LogP contribution in [0.3, 0.4) is 0 Å². The number of carbonyl (C=O) groups is 2. The van der Waals surface area contributed by atoms with E-state index in [4.69, 9.17) is 25.1 Å². The molecule has 3 N–H and O–H groups in total. The van der Waals surface area contributed by atoms with Crippen LogP contribution in [0.4, 0.5) is 0 Å². The van der Waals surface area contributed by atoms with Crippen molar-refractivity contribution in [3.05, 3.63) is 17.7 Å². The van der Waals surface area contributed by atoms with E-state index < -0.39 is 11.9 Å². The summed E-state index contributed by atoms with van der Waals surface area (Å²) in [7, 11) is 0. The number of carboxylic acid groups (broad SMARTS) is 1. The fourth-order valence-electron chi connectivity index (χ4n) is 9.56. The van der Waals surface area contributed by atoms with Gasteiger partial charge in [-0.1, -0.05) is 317 Å². The van der Waals surface area contributed by atoms with Gasteiger partial charge in [0.2, 0.25) is 11.7 Å². The largest absolute Gasteiger partial charge is 0.490 e. The molecule has 0 fully saturated rings. The lowest BCUT2D eigenvalue weighted by atomic mass is 10.0. The van der Waals surface area contributed by atoms with E-state index in [9.17, 15) is 9.59 Å². The molecule has 1 aromatic carbocycles. The van der Waals surface area contributed by atoms with E-state index in [1.54, 1.807) is 19.1 Å². The van der Waals surface area contributed by atoms with Crippen molar-refractivity contribution in [1.82, 2.24) is 0 Å². The van der Waals surface area contributed by atoms with Crippen LogP contribution >= 0.6 is 0 Å². The summed E-state index contributed by atoms with van der Waals surface area (Å²) in [5.41, 5.74) is 6.27. The topological polar surface area (TPSA) is 108 Å². The van der Waals surface area contributed by atoms with Crippen LogP contribution in [-0.2, 0) is 4.79 Å².